The number of halogens is 1. The van der Waals surface area contributed by atoms with Gasteiger partial charge >= 0.3 is 0 Å². The van der Waals surface area contributed by atoms with E-state index in [-0.39, 0.29) is 37.9 Å². The lowest BCUT2D eigenvalue weighted by molar-refractivity contribution is -0.114. The number of carbonyl (C=O) groups excluding carboxylic acids is 1. The lowest BCUT2D eigenvalue weighted by Gasteiger charge is -2.26. The maximum absolute atomic E-state index is 13.6. The molecular formula is C27H26ClN5O6S2. The minimum atomic E-state index is -4.22. The van der Waals surface area contributed by atoms with Crippen LogP contribution >= 0.6 is 11.6 Å². The number of hydrogen-bond acceptors (Lipinski definition) is 8. The van der Waals surface area contributed by atoms with Crippen LogP contribution in [0.1, 0.15) is 11.4 Å². The number of rotatable bonds is 10. The number of sulfonamides is 2. The molecule has 2 N–H and O–H groups in total. The Balaban J connectivity index is 1.57. The van der Waals surface area contributed by atoms with Crippen LogP contribution in [0, 0.1) is 13.8 Å². The van der Waals surface area contributed by atoms with Crippen molar-refractivity contribution in [1.29, 1.82) is 0 Å². The highest BCUT2D eigenvalue weighted by Crippen LogP contribution is 2.35. The Hall–Kier alpha value is -4.20. The van der Waals surface area contributed by atoms with Gasteiger partial charge in [0.1, 0.15) is 12.3 Å². The molecule has 0 fully saturated rings. The highest BCUT2D eigenvalue weighted by Gasteiger charge is 2.30. The third-order valence-corrected chi connectivity index (χ3v) is 9.04. The van der Waals surface area contributed by atoms with Crippen molar-refractivity contribution < 1.29 is 26.4 Å². The van der Waals surface area contributed by atoms with Crippen LogP contribution in [0.4, 0.5) is 17.3 Å². The molecule has 14 heteroatoms. The second-order valence-corrected chi connectivity index (χ2v) is 12.8. The maximum atomic E-state index is 13.6. The first-order chi connectivity index (χ1) is 19.4. The normalized spacial score (nSPS) is 11.5. The zero-order valence-corrected chi connectivity index (χ0v) is 24.6. The first-order valence-electron chi connectivity index (χ1n) is 12.1. The molecule has 1 heterocycles. The number of ether oxygens (including phenoxy) is 1. The summed E-state index contributed by atoms with van der Waals surface area (Å²) in [6, 6.07) is 19.1. The van der Waals surface area contributed by atoms with Gasteiger partial charge in [-0.3, -0.25) is 9.10 Å². The van der Waals surface area contributed by atoms with Crippen molar-refractivity contribution in [2.24, 2.45) is 0 Å². The van der Waals surface area contributed by atoms with E-state index in [0.717, 1.165) is 4.31 Å². The van der Waals surface area contributed by atoms with Gasteiger partial charge in [-0.15, -0.1) is 0 Å². The molecule has 4 aromatic rings. The lowest BCUT2D eigenvalue weighted by atomic mass is 10.3. The second-order valence-electron chi connectivity index (χ2n) is 8.79. The van der Waals surface area contributed by atoms with E-state index in [1.165, 1.54) is 61.7 Å². The number of nitrogens with zero attached hydrogens (tertiary/aromatic N) is 3. The number of aromatic nitrogens is 2. The van der Waals surface area contributed by atoms with E-state index in [0.29, 0.717) is 11.4 Å². The van der Waals surface area contributed by atoms with Crippen LogP contribution < -0.4 is 19.1 Å². The number of carbonyl (C=O) groups is 1. The Kier molecular flexibility index (Phi) is 8.80. The van der Waals surface area contributed by atoms with Gasteiger partial charge in [0.15, 0.2) is 0 Å². The molecule has 0 aliphatic rings. The van der Waals surface area contributed by atoms with E-state index in [9.17, 15) is 21.6 Å². The summed E-state index contributed by atoms with van der Waals surface area (Å²) in [6.07, 6.45) is 0. The van der Waals surface area contributed by atoms with Gasteiger partial charge in [0, 0.05) is 22.1 Å². The third-order valence-electron chi connectivity index (χ3n) is 5.68. The van der Waals surface area contributed by atoms with Gasteiger partial charge in [-0.2, -0.15) is 0 Å². The SMILES string of the molecule is COc1ccc(Cl)cc1N(CC(=O)Nc1ccc(S(=O)(=O)Nc2nc(C)cc(C)n2)cc1)S(=O)(=O)c1ccccc1. The molecular weight excluding hydrogens is 590 g/mol. The van der Waals surface area contributed by atoms with Crippen molar-refractivity contribution in [3.63, 3.8) is 0 Å². The molecule has 0 atom stereocenters. The monoisotopic (exact) mass is 615 g/mol. The maximum Gasteiger partial charge on any atom is 0.264 e. The van der Waals surface area contributed by atoms with E-state index in [2.05, 4.69) is 20.0 Å². The van der Waals surface area contributed by atoms with Gasteiger partial charge in [0.05, 0.1) is 22.6 Å². The molecule has 41 heavy (non-hydrogen) atoms. The average Bonchev–Trinajstić information content (AvgIpc) is 2.91. The topological polar surface area (TPSA) is 148 Å². The Bertz CT molecular complexity index is 1760. The molecule has 0 aliphatic heterocycles. The zero-order valence-electron chi connectivity index (χ0n) is 22.2. The van der Waals surface area contributed by atoms with E-state index in [4.69, 9.17) is 16.3 Å². The molecule has 0 unspecified atom stereocenters. The predicted octanol–water partition coefficient (Wildman–Crippen LogP) is 4.39. The van der Waals surface area contributed by atoms with E-state index in [1.807, 2.05) is 0 Å². The van der Waals surface area contributed by atoms with Gasteiger partial charge in [0.25, 0.3) is 20.0 Å². The van der Waals surface area contributed by atoms with Crippen LogP contribution in [0.3, 0.4) is 0 Å². The minimum Gasteiger partial charge on any atom is -0.495 e. The number of methoxy groups -OCH3 is 1. The van der Waals surface area contributed by atoms with Crippen molar-refractivity contribution in [2.45, 2.75) is 23.6 Å². The Morgan fingerprint density at radius 2 is 1.51 bits per heavy atom. The van der Waals surface area contributed by atoms with Gasteiger partial charge in [-0.05, 0) is 74.5 Å². The predicted molar refractivity (Wildman–Crippen MR) is 156 cm³/mol. The largest absolute Gasteiger partial charge is 0.495 e. The first-order valence-corrected chi connectivity index (χ1v) is 15.4. The van der Waals surface area contributed by atoms with E-state index < -0.39 is 32.5 Å². The van der Waals surface area contributed by atoms with Gasteiger partial charge in [0.2, 0.25) is 11.9 Å². The number of benzene rings is 3. The smallest absolute Gasteiger partial charge is 0.264 e. The van der Waals surface area contributed by atoms with Gasteiger partial charge < -0.3 is 10.1 Å². The van der Waals surface area contributed by atoms with E-state index >= 15 is 0 Å². The van der Waals surface area contributed by atoms with Crippen LogP contribution in [0.25, 0.3) is 0 Å². The van der Waals surface area contributed by atoms with Crippen LogP contribution in [0.2, 0.25) is 5.02 Å². The fourth-order valence-corrected chi connectivity index (χ4v) is 6.43. The minimum absolute atomic E-state index is 0.0373. The molecule has 0 aliphatic carbocycles. The highest BCUT2D eigenvalue weighted by molar-refractivity contribution is 7.93. The molecule has 1 aromatic heterocycles. The summed E-state index contributed by atoms with van der Waals surface area (Å²) < 4.78 is 61.4. The molecule has 1 amide bonds. The quantitative estimate of drug-likeness (QED) is 0.267. The van der Waals surface area contributed by atoms with E-state index in [1.54, 1.807) is 38.1 Å². The molecule has 4 rings (SSSR count). The fourth-order valence-electron chi connectivity index (χ4n) is 3.88. The molecule has 0 saturated heterocycles. The molecule has 3 aromatic carbocycles. The average molecular weight is 616 g/mol. The summed E-state index contributed by atoms with van der Waals surface area (Å²) >= 11 is 6.16. The fraction of sp³-hybridized carbons (Fsp3) is 0.148. The second kappa shape index (κ2) is 12.1. The summed E-state index contributed by atoms with van der Waals surface area (Å²) in [5.41, 5.74) is 1.52. The molecule has 214 valence electrons. The highest BCUT2D eigenvalue weighted by atomic mass is 35.5. The van der Waals surface area contributed by atoms with Gasteiger partial charge in [-0.25, -0.2) is 31.5 Å². The molecule has 0 spiro atoms. The van der Waals surface area contributed by atoms with Crippen molar-refractivity contribution in [3.05, 3.63) is 95.3 Å². The Labute approximate surface area is 243 Å². The molecule has 0 radical (unpaired) electrons. The van der Waals surface area contributed by atoms with Crippen molar-refractivity contribution in [2.75, 3.05) is 28.0 Å². The number of nitrogens with one attached hydrogen (secondary N) is 2. The summed E-state index contributed by atoms with van der Waals surface area (Å²) in [4.78, 5) is 21.2. The number of hydrogen-bond donors (Lipinski definition) is 2. The zero-order chi connectivity index (χ0) is 29.8. The number of aryl methyl sites for hydroxylation is 2. The van der Waals surface area contributed by atoms with Crippen molar-refractivity contribution in [3.8, 4) is 5.75 Å². The van der Waals surface area contributed by atoms with Crippen LogP contribution in [0.15, 0.2) is 88.7 Å². The Morgan fingerprint density at radius 1 is 0.878 bits per heavy atom. The number of amides is 1. The first kappa shape index (κ1) is 29.8. The lowest BCUT2D eigenvalue weighted by Crippen LogP contribution is -2.38. The van der Waals surface area contributed by atoms with Crippen molar-refractivity contribution in [1.82, 2.24) is 9.97 Å². The molecule has 0 saturated carbocycles. The molecule has 11 nitrogen and oxygen atoms in total. The van der Waals surface area contributed by atoms with Crippen LogP contribution in [-0.2, 0) is 24.8 Å². The van der Waals surface area contributed by atoms with Crippen LogP contribution in [-0.4, -0.2) is 46.4 Å². The molecule has 0 bridgehead atoms. The summed E-state index contributed by atoms with van der Waals surface area (Å²) in [5.74, 6) is -0.559. The Morgan fingerprint density at radius 3 is 2.12 bits per heavy atom. The summed E-state index contributed by atoms with van der Waals surface area (Å²) in [7, 11) is -6.86. The third kappa shape index (κ3) is 7.12. The summed E-state index contributed by atoms with van der Waals surface area (Å²) in [5, 5.41) is 2.84. The summed E-state index contributed by atoms with van der Waals surface area (Å²) in [6.45, 7) is 2.82. The van der Waals surface area contributed by atoms with Gasteiger partial charge in [-0.1, -0.05) is 29.8 Å². The number of anilines is 3. The van der Waals surface area contributed by atoms with Crippen molar-refractivity contribution >= 4 is 54.9 Å². The van der Waals surface area contributed by atoms with Crippen LogP contribution in [0.5, 0.6) is 5.75 Å². The standard InChI is InChI=1S/C27H26ClN5O6S2/c1-18-15-19(2)30-27(29-18)32-40(35,36)22-12-10-21(11-13-22)31-26(34)17-33(24-16-20(28)9-14-25(24)39-3)41(37,38)23-7-5-4-6-8-23/h4-16H,17H2,1-3H3,(H,31,34)(H,29,30,32).